The second kappa shape index (κ2) is 4.36. The highest BCUT2D eigenvalue weighted by Crippen LogP contribution is 2.30. The van der Waals surface area contributed by atoms with E-state index in [2.05, 4.69) is 15.4 Å². The number of halogens is 3. The van der Waals surface area contributed by atoms with Gasteiger partial charge in [0.25, 0.3) is 0 Å². The second-order valence-electron chi connectivity index (χ2n) is 3.73. The predicted octanol–water partition coefficient (Wildman–Crippen LogP) is 1.71. The molecular weight excluding hydrogens is 237 g/mol. The van der Waals surface area contributed by atoms with Gasteiger partial charge in [0, 0.05) is 6.07 Å². The van der Waals surface area contributed by atoms with Crippen molar-refractivity contribution in [1.29, 1.82) is 0 Å². The maximum atomic E-state index is 12.5. The molecule has 1 heterocycles. The minimum atomic E-state index is -4.62. The van der Waals surface area contributed by atoms with E-state index in [1.165, 1.54) is 6.07 Å². The fourth-order valence-electron chi connectivity index (χ4n) is 1.35. The molecule has 0 bridgehead atoms. The molecule has 1 aliphatic carbocycles. The number of nitrogen functional groups attached to an aromatic ring is 1. The fraction of sp³-hybridized carbons (Fsp3) is 0.556. The molecule has 0 aliphatic heterocycles. The van der Waals surface area contributed by atoms with Crippen molar-refractivity contribution >= 4 is 5.82 Å². The minimum absolute atomic E-state index is 0.0587. The van der Waals surface area contributed by atoms with Gasteiger partial charge in [-0.25, -0.2) is 10.8 Å². The molecule has 1 aromatic heterocycles. The number of ether oxygens (including phenoxy) is 1. The van der Waals surface area contributed by atoms with Crippen LogP contribution in [0.5, 0.6) is 5.88 Å². The first-order chi connectivity index (χ1) is 7.99. The Morgan fingerprint density at radius 2 is 2.06 bits per heavy atom. The Hall–Kier alpha value is -1.57. The lowest BCUT2D eigenvalue weighted by Gasteiger charge is -2.26. The third-order valence-electron chi connectivity index (χ3n) is 2.44. The van der Waals surface area contributed by atoms with Crippen LogP contribution in [0.1, 0.15) is 25.1 Å². The van der Waals surface area contributed by atoms with E-state index in [-0.39, 0.29) is 17.8 Å². The van der Waals surface area contributed by atoms with Crippen LogP contribution >= 0.6 is 0 Å². The van der Waals surface area contributed by atoms with Gasteiger partial charge < -0.3 is 10.2 Å². The summed E-state index contributed by atoms with van der Waals surface area (Å²) in [7, 11) is 0. The molecule has 5 nitrogen and oxygen atoms in total. The quantitative estimate of drug-likeness (QED) is 0.629. The Bertz CT molecular complexity index is 406. The highest BCUT2D eigenvalue weighted by atomic mass is 19.4. The standard InChI is InChI=1S/C9H11F3N4O/c10-9(11,12)8-14-6(16-13)4-7(15-8)17-5-2-1-3-5/h4-5H,1-3,13H2,(H,14,15,16). The molecule has 1 saturated carbocycles. The molecular formula is C9H11F3N4O. The Balaban J connectivity index is 2.24. The number of rotatable bonds is 3. The third-order valence-corrected chi connectivity index (χ3v) is 2.44. The average molecular weight is 248 g/mol. The molecule has 0 aromatic carbocycles. The average Bonchev–Trinajstić information content (AvgIpc) is 2.22. The van der Waals surface area contributed by atoms with Gasteiger partial charge in [0.2, 0.25) is 11.7 Å². The first-order valence-electron chi connectivity index (χ1n) is 5.08. The van der Waals surface area contributed by atoms with Crippen molar-refractivity contribution in [3.63, 3.8) is 0 Å². The maximum absolute atomic E-state index is 12.5. The lowest BCUT2D eigenvalue weighted by molar-refractivity contribution is -0.145. The first kappa shape index (κ1) is 11.9. The number of aromatic nitrogens is 2. The third kappa shape index (κ3) is 2.76. The van der Waals surface area contributed by atoms with E-state index < -0.39 is 12.0 Å². The summed E-state index contributed by atoms with van der Waals surface area (Å²) in [4.78, 5) is 6.54. The number of hydrazine groups is 1. The smallest absolute Gasteiger partial charge is 0.451 e. The SMILES string of the molecule is NNc1cc(OC2CCC2)nc(C(F)(F)F)n1. The highest BCUT2D eigenvalue weighted by Gasteiger charge is 2.36. The summed E-state index contributed by atoms with van der Waals surface area (Å²) in [5, 5.41) is 0. The molecule has 17 heavy (non-hydrogen) atoms. The van der Waals surface area contributed by atoms with Crippen LogP contribution in [0.3, 0.4) is 0 Å². The molecule has 1 fully saturated rings. The van der Waals surface area contributed by atoms with Crippen molar-refractivity contribution in [3.05, 3.63) is 11.9 Å². The van der Waals surface area contributed by atoms with Crippen molar-refractivity contribution in [3.8, 4) is 5.88 Å². The summed E-state index contributed by atoms with van der Waals surface area (Å²) in [6, 6.07) is 1.24. The number of anilines is 1. The fourth-order valence-corrected chi connectivity index (χ4v) is 1.35. The molecule has 8 heteroatoms. The number of alkyl halides is 3. The molecule has 94 valence electrons. The second-order valence-corrected chi connectivity index (χ2v) is 3.73. The molecule has 1 aliphatic rings. The van der Waals surface area contributed by atoms with Gasteiger partial charge in [-0.15, -0.1) is 0 Å². The van der Waals surface area contributed by atoms with Crippen LogP contribution in [0.2, 0.25) is 0 Å². The predicted molar refractivity (Wildman–Crippen MR) is 53.1 cm³/mol. The first-order valence-corrected chi connectivity index (χ1v) is 5.08. The van der Waals surface area contributed by atoms with Crippen LogP contribution in [0.25, 0.3) is 0 Å². The van der Waals surface area contributed by atoms with Crippen LogP contribution in [0.4, 0.5) is 19.0 Å². The Morgan fingerprint density at radius 1 is 1.35 bits per heavy atom. The Morgan fingerprint density at radius 3 is 2.53 bits per heavy atom. The molecule has 3 N–H and O–H groups in total. The van der Waals surface area contributed by atoms with Crippen LogP contribution in [0.15, 0.2) is 6.07 Å². The summed E-state index contributed by atoms with van der Waals surface area (Å²) < 4.78 is 42.7. The maximum Gasteiger partial charge on any atom is 0.451 e. The summed E-state index contributed by atoms with van der Waals surface area (Å²) in [5.74, 6) is 3.55. The number of nitrogens with one attached hydrogen (secondary N) is 1. The zero-order valence-electron chi connectivity index (χ0n) is 8.79. The Kier molecular flexibility index (Phi) is 3.05. The molecule has 0 atom stereocenters. The van der Waals surface area contributed by atoms with Crippen LogP contribution in [-0.4, -0.2) is 16.1 Å². The van der Waals surface area contributed by atoms with Gasteiger partial charge in [-0.05, 0) is 19.3 Å². The molecule has 0 amide bonds. The number of hydrogen-bond donors (Lipinski definition) is 2. The number of nitrogens with two attached hydrogens (primary N) is 1. The Labute approximate surface area is 95.2 Å². The van der Waals surface area contributed by atoms with Gasteiger partial charge in [-0.3, -0.25) is 0 Å². The zero-order chi connectivity index (χ0) is 12.5. The van der Waals surface area contributed by atoms with Gasteiger partial charge >= 0.3 is 6.18 Å². The summed E-state index contributed by atoms with van der Waals surface area (Å²) in [6.07, 6.45) is -2.00. The molecule has 0 radical (unpaired) electrons. The molecule has 0 spiro atoms. The topological polar surface area (TPSA) is 73.1 Å². The molecule has 0 saturated heterocycles. The van der Waals surface area contributed by atoms with Crippen molar-refractivity contribution < 1.29 is 17.9 Å². The zero-order valence-corrected chi connectivity index (χ0v) is 8.79. The van der Waals surface area contributed by atoms with Crippen molar-refractivity contribution in [2.45, 2.75) is 31.5 Å². The number of hydrogen-bond acceptors (Lipinski definition) is 5. The van der Waals surface area contributed by atoms with Gasteiger partial charge in [-0.1, -0.05) is 0 Å². The molecule has 0 unspecified atom stereocenters. The van der Waals surface area contributed by atoms with Gasteiger partial charge in [0.1, 0.15) is 11.9 Å². The van der Waals surface area contributed by atoms with Gasteiger partial charge in [0.15, 0.2) is 0 Å². The van der Waals surface area contributed by atoms with E-state index in [0.29, 0.717) is 0 Å². The number of nitrogens with zero attached hydrogens (tertiary/aromatic N) is 2. The van der Waals surface area contributed by atoms with E-state index in [4.69, 9.17) is 10.6 Å². The van der Waals surface area contributed by atoms with Gasteiger partial charge in [0.05, 0.1) is 0 Å². The summed E-state index contributed by atoms with van der Waals surface area (Å²) >= 11 is 0. The van der Waals surface area contributed by atoms with Crippen molar-refractivity contribution in [2.75, 3.05) is 5.43 Å². The van der Waals surface area contributed by atoms with E-state index in [1.54, 1.807) is 0 Å². The summed E-state index contributed by atoms with van der Waals surface area (Å²) in [6.45, 7) is 0. The molecule has 2 rings (SSSR count). The monoisotopic (exact) mass is 248 g/mol. The van der Waals surface area contributed by atoms with Crippen LogP contribution < -0.4 is 16.0 Å². The lowest BCUT2D eigenvalue weighted by atomic mass is 9.96. The van der Waals surface area contributed by atoms with Crippen LogP contribution in [0, 0.1) is 0 Å². The largest absolute Gasteiger partial charge is 0.474 e. The van der Waals surface area contributed by atoms with Gasteiger partial charge in [-0.2, -0.15) is 18.2 Å². The molecule has 1 aromatic rings. The van der Waals surface area contributed by atoms with E-state index in [1.807, 2.05) is 0 Å². The summed E-state index contributed by atoms with van der Waals surface area (Å²) in [5.41, 5.74) is 2.06. The van der Waals surface area contributed by atoms with E-state index >= 15 is 0 Å². The normalized spacial score (nSPS) is 16.5. The van der Waals surface area contributed by atoms with Crippen molar-refractivity contribution in [1.82, 2.24) is 9.97 Å². The van der Waals surface area contributed by atoms with Crippen LogP contribution in [-0.2, 0) is 6.18 Å². The van der Waals surface area contributed by atoms with E-state index in [9.17, 15) is 13.2 Å². The lowest BCUT2D eigenvalue weighted by Crippen LogP contribution is -2.26. The minimum Gasteiger partial charge on any atom is -0.474 e. The van der Waals surface area contributed by atoms with E-state index in [0.717, 1.165) is 19.3 Å². The van der Waals surface area contributed by atoms with Crippen molar-refractivity contribution in [2.24, 2.45) is 5.84 Å². The highest BCUT2D eigenvalue weighted by molar-refractivity contribution is 5.37.